The van der Waals surface area contributed by atoms with Crippen molar-refractivity contribution in [3.05, 3.63) is 82.4 Å². The molecular weight excluding hydrogens is 374 g/mol. The van der Waals surface area contributed by atoms with Crippen LogP contribution in [0.15, 0.2) is 65.7 Å². The molecule has 0 unspecified atom stereocenters. The highest BCUT2D eigenvalue weighted by Crippen LogP contribution is 2.28. The molecule has 1 fully saturated rings. The molecule has 2 aromatic heterocycles. The Balaban J connectivity index is 1.33. The predicted octanol–water partition coefficient (Wildman–Crippen LogP) is 4.29. The molecule has 0 amide bonds. The Morgan fingerprint density at radius 2 is 1.83 bits per heavy atom. The van der Waals surface area contributed by atoms with Crippen LogP contribution in [0.4, 0.5) is 0 Å². The summed E-state index contributed by atoms with van der Waals surface area (Å²) in [6, 6.07) is 16.2. The van der Waals surface area contributed by atoms with E-state index in [1.54, 1.807) is 13.3 Å². The molecule has 5 nitrogen and oxygen atoms in total. The van der Waals surface area contributed by atoms with Crippen LogP contribution in [0.5, 0.6) is 5.75 Å². The third-order valence-corrected chi connectivity index (χ3v) is 6.08. The van der Waals surface area contributed by atoms with Crippen LogP contribution in [0.1, 0.15) is 30.4 Å². The van der Waals surface area contributed by atoms with Crippen molar-refractivity contribution < 1.29 is 4.74 Å². The molecule has 156 valence electrons. The number of ether oxygens (including phenoxy) is 1. The second kappa shape index (κ2) is 9.72. The van der Waals surface area contributed by atoms with Gasteiger partial charge >= 0.3 is 0 Å². The van der Waals surface area contributed by atoms with E-state index in [-0.39, 0.29) is 5.56 Å². The van der Waals surface area contributed by atoms with E-state index in [9.17, 15) is 4.79 Å². The second-order valence-electron chi connectivity index (χ2n) is 8.02. The first-order chi connectivity index (χ1) is 14.7. The summed E-state index contributed by atoms with van der Waals surface area (Å²) < 4.78 is 5.27. The van der Waals surface area contributed by atoms with E-state index in [4.69, 9.17) is 4.74 Å². The summed E-state index contributed by atoms with van der Waals surface area (Å²) in [5.41, 5.74) is 4.40. The summed E-state index contributed by atoms with van der Waals surface area (Å²) >= 11 is 0. The monoisotopic (exact) mass is 403 g/mol. The number of benzene rings is 1. The van der Waals surface area contributed by atoms with Gasteiger partial charge in [0.05, 0.1) is 12.8 Å². The number of hydrogen-bond acceptors (Lipinski definition) is 4. The molecule has 1 aromatic carbocycles. The normalized spacial score (nSPS) is 15.2. The molecule has 1 N–H and O–H groups in total. The van der Waals surface area contributed by atoms with E-state index in [1.807, 2.05) is 36.5 Å². The molecule has 0 spiro atoms. The lowest BCUT2D eigenvalue weighted by Crippen LogP contribution is -2.35. The fraction of sp³-hybridized carbons (Fsp3) is 0.360. The van der Waals surface area contributed by atoms with Gasteiger partial charge in [-0.2, -0.15) is 0 Å². The number of nitrogens with one attached hydrogen (secondary N) is 1. The number of methoxy groups -OCH3 is 1. The number of H-pyrrole nitrogens is 1. The number of rotatable bonds is 7. The van der Waals surface area contributed by atoms with Gasteiger partial charge in [-0.3, -0.25) is 14.7 Å². The number of piperidine rings is 1. The minimum absolute atomic E-state index is 0.0299. The van der Waals surface area contributed by atoms with Crippen molar-refractivity contribution in [3.8, 4) is 17.0 Å². The maximum Gasteiger partial charge on any atom is 0.252 e. The number of aromatic nitrogens is 2. The predicted molar refractivity (Wildman–Crippen MR) is 120 cm³/mol. The van der Waals surface area contributed by atoms with Gasteiger partial charge in [0.25, 0.3) is 5.56 Å². The number of pyridine rings is 2. The fourth-order valence-electron chi connectivity index (χ4n) is 4.26. The molecule has 5 heteroatoms. The zero-order chi connectivity index (χ0) is 20.8. The first kappa shape index (κ1) is 20.4. The van der Waals surface area contributed by atoms with E-state index in [2.05, 4.69) is 33.1 Å². The SMILES string of the molecule is COc1ccc(-c2ncccc2CCC2CCN(Cc3ccc[nH]c3=O)CC2)cc1. The Labute approximate surface area is 177 Å². The number of likely N-dealkylation sites (tertiary alicyclic amines) is 1. The third kappa shape index (κ3) is 4.97. The minimum Gasteiger partial charge on any atom is -0.497 e. The minimum atomic E-state index is 0.0299. The highest BCUT2D eigenvalue weighted by molar-refractivity contribution is 5.63. The van der Waals surface area contributed by atoms with Crippen molar-refractivity contribution in [1.29, 1.82) is 0 Å². The molecule has 0 atom stereocenters. The van der Waals surface area contributed by atoms with Crippen LogP contribution in [0.2, 0.25) is 0 Å². The lowest BCUT2D eigenvalue weighted by molar-refractivity contribution is 0.172. The van der Waals surface area contributed by atoms with Crippen molar-refractivity contribution in [2.75, 3.05) is 20.2 Å². The molecular formula is C25H29N3O2. The Hall–Kier alpha value is -2.92. The molecule has 4 rings (SSSR count). The van der Waals surface area contributed by atoms with E-state index in [0.29, 0.717) is 0 Å². The van der Waals surface area contributed by atoms with Gasteiger partial charge in [0.15, 0.2) is 0 Å². The summed E-state index contributed by atoms with van der Waals surface area (Å²) in [6.45, 7) is 2.85. The zero-order valence-corrected chi connectivity index (χ0v) is 17.5. The van der Waals surface area contributed by atoms with Gasteiger partial charge in [-0.25, -0.2) is 0 Å². The summed E-state index contributed by atoms with van der Waals surface area (Å²) in [5.74, 6) is 1.58. The number of nitrogens with zero attached hydrogens (tertiary/aromatic N) is 2. The van der Waals surface area contributed by atoms with Gasteiger partial charge < -0.3 is 9.72 Å². The van der Waals surface area contributed by atoms with E-state index in [0.717, 1.165) is 54.5 Å². The van der Waals surface area contributed by atoms with Crippen LogP contribution in [-0.4, -0.2) is 35.1 Å². The smallest absolute Gasteiger partial charge is 0.252 e. The van der Waals surface area contributed by atoms with Gasteiger partial charge in [0.2, 0.25) is 0 Å². The largest absolute Gasteiger partial charge is 0.497 e. The first-order valence-electron chi connectivity index (χ1n) is 10.7. The maximum absolute atomic E-state index is 11.9. The average Bonchev–Trinajstić information content (AvgIpc) is 2.80. The van der Waals surface area contributed by atoms with Crippen LogP contribution >= 0.6 is 0 Å². The Morgan fingerprint density at radius 1 is 1.07 bits per heavy atom. The zero-order valence-electron chi connectivity index (χ0n) is 17.5. The maximum atomic E-state index is 11.9. The summed E-state index contributed by atoms with van der Waals surface area (Å²) in [5, 5.41) is 0. The average molecular weight is 404 g/mol. The Bertz CT molecular complexity index is 1010. The van der Waals surface area contributed by atoms with E-state index >= 15 is 0 Å². The van der Waals surface area contributed by atoms with Gasteiger partial charge in [0.1, 0.15) is 5.75 Å². The van der Waals surface area contributed by atoms with Crippen LogP contribution in [0.25, 0.3) is 11.3 Å². The molecule has 3 heterocycles. The van der Waals surface area contributed by atoms with Crippen LogP contribution in [0, 0.1) is 5.92 Å². The molecule has 0 radical (unpaired) electrons. The molecule has 1 saturated heterocycles. The van der Waals surface area contributed by atoms with Crippen LogP contribution < -0.4 is 10.3 Å². The highest BCUT2D eigenvalue weighted by Gasteiger charge is 2.20. The van der Waals surface area contributed by atoms with E-state index < -0.39 is 0 Å². The quantitative estimate of drug-likeness (QED) is 0.639. The van der Waals surface area contributed by atoms with Crippen LogP contribution in [-0.2, 0) is 13.0 Å². The Morgan fingerprint density at radius 3 is 2.57 bits per heavy atom. The second-order valence-corrected chi connectivity index (χ2v) is 8.02. The van der Waals surface area contributed by atoms with Gasteiger partial charge in [0, 0.05) is 30.1 Å². The molecule has 30 heavy (non-hydrogen) atoms. The standard InChI is InChI=1S/C25H29N3O2/c1-30-23-10-8-21(9-11-23)24-20(4-2-14-26-24)7-6-19-12-16-28(17-13-19)18-22-5-3-15-27-25(22)29/h2-5,8-11,14-15,19H,6-7,12-13,16-18H2,1H3,(H,27,29). The lowest BCUT2D eigenvalue weighted by atomic mass is 9.89. The van der Waals surface area contributed by atoms with Crippen LogP contribution in [0.3, 0.4) is 0 Å². The topological polar surface area (TPSA) is 58.2 Å². The highest BCUT2D eigenvalue weighted by atomic mass is 16.5. The lowest BCUT2D eigenvalue weighted by Gasteiger charge is -2.31. The summed E-state index contributed by atoms with van der Waals surface area (Å²) in [4.78, 5) is 21.7. The Kier molecular flexibility index (Phi) is 6.60. The molecule has 0 aliphatic carbocycles. The molecule has 0 bridgehead atoms. The number of aryl methyl sites for hydroxylation is 1. The van der Waals surface area contributed by atoms with Gasteiger partial charge in [-0.1, -0.05) is 12.1 Å². The van der Waals surface area contributed by atoms with E-state index in [1.165, 1.54) is 24.8 Å². The van der Waals surface area contributed by atoms with Crippen molar-refractivity contribution >= 4 is 0 Å². The first-order valence-corrected chi connectivity index (χ1v) is 10.7. The third-order valence-electron chi connectivity index (χ3n) is 6.08. The van der Waals surface area contributed by atoms with Gasteiger partial charge in [-0.15, -0.1) is 0 Å². The number of hydrogen-bond donors (Lipinski definition) is 1. The molecule has 1 aliphatic rings. The summed E-state index contributed by atoms with van der Waals surface area (Å²) in [6.07, 6.45) is 8.14. The van der Waals surface area contributed by atoms with Crippen molar-refractivity contribution in [2.45, 2.75) is 32.2 Å². The molecule has 0 saturated carbocycles. The molecule has 3 aromatic rings. The van der Waals surface area contributed by atoms with Crippen molar-refractivity contribution in [2.24, 2.45) is 5.92 Å². The van der Waals surface area contributed by atoms with Gasteiger partial charge in [-0.05, 0) is 86.7 Å². The van der Waals surface area contributed by atoms with Crippen molar-refractivity contribution in [1.82, 2.24) is 14.9 Å². The number of aromatic amines is 1. The van der Waals surface area contributed by atoms with Crippen molar-refractivity contribution in [3.63, 3.8) is 0 Å². The molecule has 1 aliphatic heterocycles. The fourth-order valence-corrected chi connectivity index (χ4v) is 4.26. The summed E-state index contributed by atoms with van der Waals surface area (Å²) in [7, 11) is 1.68.